The van der Waals surface area contributed by atoms with E-state index >= 15 is 0 Å². The lowest BCUT2D eigenvalue weighted by Crippen LogP contribution is -2.59. The van der Waals surface area contributed by atoms with Crippen LogP contribution >= 0.6 is 11.6 Å². The molecular weight excluding hydrogens is 366 g/mol. The largest absolute Gasteiger partial charge is 0.487 e. The summed E-state index contributed by atoms with van der Waals surface area (Å²) in [5, 5.41) is 0.593. The third-order valence-electron chi connectivity index (χ3n) is 5.92. The second-order valence-electron chi connectivity index (χ2n) is 7.56. The number of hydrogen-bond donors (Lipinski definition) is 1. The second-order valence-corrected chi connectivity index (χ2v) is 7.99. The van der Waals surface area contributed by atoms with Crippen LogP contribution in [0, 0.1) is 5.92 Å². The molecule has 3 aliphatic rings. The first kappa shape index (κ1) is 16.8. The van der Waals surface area contributed by atoms with E-state index in [0.29, 0.717) is 24.8 Å². The third-order valence-corrected chi connectivity index (χ3v) is 6.12. The molecule has 1 fully saturated rings. The molecular formula is C20H20ClN3O3. The summed E-state index contributed by atoms with van der Waals surface area (Å²) in [4.78, 5) is 8.97. The molecule has 6 nitrogen and oxygen atoms in total. The smallest absolute Gasteiger partial charge is 0.283 e. The monoisotopic (exact) mass is 385 g/mol. The topological polar surface area (TPSA) is 79.0 Å². The summed E-state index contributed by atoms with van der Waals surface area (Å²) in [7, 11) is 0. The van der Waals surface area contributed by atoms with Crippen LogP contribution in [-0.2, 0) is 15.0 Å². The minimum Gasteiger partial charge on any atom is -0.487 e. The predicted octanol–water partition coefficient (Wildman–Crippen LogP) is 3.13. The number of ether oxygens (including phenoxy) is 3. The Morgan fingerprint density at radius 1 is 1.22 bits per heavy atom. The summed E-state index contributed by atoms with van der Waals surface area (Å²) >= 11 is 6.13. The summed E-state index contributed by atoms with van der Waals surface area (Å²) in [6.45, 7) is 3.74. The van der Waals surface area contributed by atoms with Gasteiger partial charge in [0.25, 0.3) is 6.02 Å². The zero-order chi connectivity index (χ0) is 18.6. The first-order valence-corrected chi connectivity index (χ1v) is 9.38. The highest BCUT2D eigenvalue weighted by Gasteiger charge is 2.59. The van der Waals surface area contributed by atoms with E-state index in [1.54, 1.807) is 12.4 Å². The number of rotatable bonds is 1. The maximum atomic E-state index is 6.47. The molecule has 2 aromatic rings. The number of nitrogens with zero attached hydrogens (tertiary/aromatic N) is 2. The number of hydrogen-bond acceptors (Lipinski definition) is 6. The van der Waals surface area contributed by atoms with E-state index in [1.807, 2.05) is 18.2 Å². The standard InChI is InChI=1S/C20H20ClN3O3/c1-19-4-5-25-10-17(19)20(11-26-18(22)24-20)15-7-12(2-3-16(15)27-19)13-6-14(21)9-23-8-13/h2-3,6-9,17H,4-5,10-11H2,1H3,(H2,22,24)/t17-,19-,20?/m1/s1. The van der Waals surface area contributed by atoms with Crippen molar-refractivity contribution in [2.75, 3.05) is 19.8 Å². The van der Waals surface area contributed by atoms with Crippen molar-refractivity contribution < 1.29 is 14.2 Å². The molecule has 1 saturated heterocycles. The minimum absolute atomic E-state index is 0.0139. The van der Waals surface area contributed by atoms with E-state index in [9.17, 15) is 0 Å². The molecule has 7 heteroatoms. The lowest BCUT2D eigenvalue weighted by molar-refractivity contribution is -0.129. The lowest BCUT2D eigenvalue weighted by Gasteiger charge is -2.52. The Balaban J connectivity index is 1.70. The quantitative estimate of drug-likeness (QED) is 0.815. The zero-order valence-corrected chi connectivity index (χ0v) is 15.7. The molecule has 1 aromatic carbocycles. The fourth-order valence-electron chi connectivity index (χ4n) is 4.50. The van der Waals surface area contributed by atoms with Crippen LogP contribution in [-0.4, -0.2) is 36.4 Å². The fourth-order valence-corrected chi connectivity index (χ4v) is 4.67. The molecule has 4 heterocycles. The number of benzene rings is 1. The van der Waals surface area contributed by atoms with E-state index in [0.717, 1.165) is 28.9 Å². The Labute approximate surface area is 162 Å². The molecule has 0 amide bonds. The maximum Gasteiger partial charge on any atom is 0.283 e. The Hall–Kier alpha value is -2.31. The molecule has 0 aliphatic carbocycles. The number of aromatic nitrogens is 1. The summed E-state index contributed by atoms with van der Waals surface area (Å²) in [5.74, 6) is 0.830. The highest BCUT2D eigenvalue weighted by Crippen LogP contribution is 2.54. The first-order chi connectivity index (χ1) is 13.0. The van der Waals surface area contributed by atoms with Crippen molar-refractivity contribution in [3.8, 4) is 16.9 Å². The van der Waals surface area contributed by atoms with Gasteiger partial charge in [-0.3, -0.25) is 4.98 Å². The number of amidine groups is 1. The lowest BCUT2D eigenvalue weighted by atomic mass is 9.66. The summed E-state index contributed by atoms with van der Waals surface area (Å²) in [5.41, 5.74) is 7.85. The molecule has 0 bridgehead atoms. The van der Waals surface area contributed by atoms with Crippen LogP contribution in [0.4, 0.5) is 0 Å². The highest BCUT2D eigenvalue weighted by molar-refractivity contribution is 6.30. The van der Waals surface area contributed by atoms with Crippen LogP contribution in [0.1, 0.15) is 18.9 Å². The number of halogens is 1. The molecule has 3 atom stereocenters. The molecule has 140 valence electrons. The fraction of sp³-hybridized carbons (Fsp3) is 0.400. The number of nitrogens with two attached hydrogens (primary N) is 1. The van der Waals surface area contributed by atoms with Crippen molar-refractivity contribution in [2.24, 2.45) is 16.6 Å². The Bertz CT molecular complexity index is 950. The van der Waals surface area contributed by atoms with Crippen LogP contribution in [0.5, 0.6) is 5.75 Å². The van der Waals surface area contributed by atoms with Crippen LogP contribution in [0.2, 0.25) is 5.02 Å². The normalized spacial score (nSPS) is 31.5. The number of aliphatic imine (C=N–C) groups is 1. The van der Waals surface area contributed by atoms with Crippen LogP contribution < -0.4 is 10.5 Å². The van der Waals surface area contributed by atoms with Gasteiger partial charge in [-0.05, 0) is 30.7 Å². The zero-order valence-electron chi connectivity index (χ0n) is 14.9. The van der Waals surface area contributed by atoms with Gasteiger partial charge in [-0.2, -0.15) is 0 Å². The molecule has 5 rings (SSSR count). The van der Waals surface area contributed by atoms with Gasteiger partial charge in [0.05, 0.1) is 24.2 Å². The van der Waals surface area contributed by atoms with Crippen LogP contribution in [0.3, 0.4) is 0 Å². The van der Waals surface area contributed by atoms with Gasteiger partial charge in [0.15, 0.2) is 0 Å². The summed E-state index contributed by atoms with van der Waals surface area (Å²) in [6, 6.07) is 8.21. The molecule has 1 unspecified atom stereocenters. The molecule has 1 spiro atoms. The van der Waals surface area contributed by atoms with Gasteiger partial charge in [-0.25, -0.2) is 4.99 Å². The van der Waals surface area contributed by atoms with E-state index in [-0.39, 0.29) is 17.5 Å². The van der Waals surface area contributed by atoms with Gasteiger partial charge in [0.2, 0.25) is 0 Å². The van der Waals surface area contributed by atoms with Crippen molar-refractivity contribution in [1.82, 2.24) is 4.98 Å². The van der Waals surface area contributed by atoms with Crippen molar-refractivity contribution >= 4 is 17.6 Å². The highest BCUT2D eigenvalue weighted by atomic mass is 35.5. The van der Waals surface area contributed by atoms with Gasteiger partial charge in [-0.1, -0.05) is 17.7 Å². The van der Waals surface area contributed by atoms with E-state index in [4.69, 9.17) is 36.5 Å². The number of fused-ring (bicyclic) bond motifs is 4. The van der Waals surface area contributed by atoms with E-state index < -0.39 is 5.54 Å². The van der Waals surface area contributed by atoms with E-state index in [1.165, 1.54) is 0 Å². The SMILES string of the molecule is C[C@@]12CCOC[C@H]1C1(COC(N)=N1)c1cc(-c3cncc(Cl)c3)ccc1O2. The Morgan fingerprint density at radius 3 is 2.89 bits per heavy atom. The average Bonchev–Trinajstić information content (AvgIpc) is 3.04. The molecule has 0 saturated carbocycles. The van der Waals surface area contributed by atoms with Gasteiger partial charge in [-0.15, -0.1) is 0 Å². The van der Waals surface area contributed by atoms with Crippen molar-refractivity contribution in [1.29, 1.82) is 0 Å². The second kappa shape index (κ2) is 5.84. The molecule has 3 aliphatic heterocycles. The van der Waals surface area contributed by atoms with E-state index in [2.05, 4.69) is 18.0 Å². The van der Waals surface area contributed by atoms with Crippen LogP contribution in [0.25, 0.3) is 11.1 Å². The molecule has 1 aromatic heterocycles. The third kappa shape index (κ3) is 2.51. The molecule has 0 radical (unpaired) electrons. The predicted molar refractivity (Wildman–Crippen MR) is 102 cm³/mol. The minimum atomic E-state index is -0.616. The van der Waals surface area contributed by atoms with Crippen molar-refractivity contribution in [3.63, 3.8) is 0 Å². The van der Waals surface area contributed by atoms with Crippen LogP contribution in [0.15, 0.2) is 41.7 Å². The first-order valence-electron chi connectivity index (χ1n) is 9.01. The molecule has 2 N–H and O–H groups in total. The summed E-state index contributed by atoms with van der Waals surface area (Å²) in [6.07, 6.45) is 4.21. The van der Waals surface area contributed by atoms with Crippen molar-refractivity contribution in [3.05, 3.63) is 47.2 Å². The van der Waals surface area contributed by atoms with Gasteiger partial charge in [0, 0.05) is 29.9 Å². The maximum absolute atomic E-state index is 6.47. The Kier molecular flexibility index (Phi) is 3.64. The van der Waals surface area contributed by atoms with Gasteiger partial charge < -0.3 is 19.9 Å². The average molecular weight is 386 g/mol. The number of pyridine rings is 1. The van der Waals surface area contributed by atoms with Gasteiger partial charge in [0.1, 0.15) is 23.5 Å². The summed E-state index contributed by atoms with van der Waals surface area (Å²) < 4.78 is 17.9. The van der Waals surface area contributed by atoms with Gasteiger partial charge >= 0.3 is 0 Å². The van der Waals surface area contributed by atoms with Crippen molar-refractivity contribution in [2.45, 2.75) is 24.5 Å². The molecule has 27 heavy (non-hydrogen) atoms. The Morgan fingerprint density at radius 2 is 2.11 bits per heavy atom.